The number of hydrogen-bond acceptors (Lipinski definition) is 6. The Hall–Kier alpha value is -3.17. The van der Waals surface area contributed by atoms with Gasteiger partial charge in [0.05, 0.1) is 16.5 Å². The number of aryl methyl sites for hydroxylation is 1. The summed E-state index contributed by atoms with van der Waals surface area (Å²) in [6.07, 6.45) is 0.712. The van der Waals surface area contributed by atoms with E-state index in [1.165, 1.54) is 29.7 Å². The maximum absolute atomic E-state index is 12.3. The smallest absolute Gasteiger partial charge is 0.407 e. The van der Waals surface area contributed by atoms with E-state index in [1.54, 1.807) is 9.80 Å². The largest absolute Gasteiger partial charge is 0.419 e. The molecular formula is C17H20N4O6. The number of benzene rings is 1. The van der Waals surface area contributed by atoms with Gasteiger partial charge in [-0.2, -0.15) is 0 Å². The Morgan fingerprint density at radius 3 is 2.48 bits per heavy atom. The van der Waals surface area contributed by atoms with Crippen LogP contribution in [0.25, 0.3) is 11.1 Å². The number of fused-ring (bicyclic) bond motifs is 1. The molecule has 0 unspecified atom stereocenters. The first-order chi connectivity index (χ1) is 12.9. The summed E-state index contributed by atoms with van der Waals surface area (Å²) >= 11 is 0. The van der Waals surface area contributed by atoms with E-state index in [2.05, 4.69) is 0 Å². The van der Waals surface area contributed by atoms with Gasteiger partial charge in [0.1, 0.15) is 0 Å². The normalized spacial score (nSPS) is 14.6. The number of nitro groups is 1. The first-order valence-corrected chi connectivity index (χ1v) is 8.68. The summed E-state index contributed by atoms with van der Waals surface area (Å²) in [4.78, 5) is 49.3. The Balaban J connectivity index is 1.58. The lowest BCUT2D eigenvalue weighted by molar-refractivity contribution is -0.384. The number of oxazole rings is 1. The summed E-state index contributed by atoms with van der Waals surface area (Å²) in [7, 11) is 0. The van der Waals surface area contributed by atoms with Crippen LogP contribution in [0.1, 0.15) is 19.8 Å². The number of piperazine rings is 1. The molecule has 1 fully saturated rings. The molecule has 0 radical (unpaired) electrons. The van der Waals surface area contributed by atoms with Gasteiger partial charge in [0, 0.05) is 52.1 Å². The Kier molecular flexibility index (Phi) is 5.24. The number of non-ortho nitro benzene ring substituents is 1. The van der Waals surface area contributed by atoms with Crippen LogP contribution in [0.4, 0.5) is 5.69 Å². The zero-order chi connectivity index (χ0) is 19.6. The molecule has 0 aliphatic carbocycles. The number of carbonyl (C=O) groups is 2. The van der Waals surface area contributed by atoms with E-state index < -0.39 is 10.7 Å². The molecule has 0 spiro atoms. The lowest BCUT2D eigenvalue weighted by Gasteiger charge is -2.34. The monoisotopic (exact) mass is 376 g/mol. The highest BCUT2D eigenvalue weighted by Crippen LogP contribution is 2.20. The summed E-state index contributed by atoms with van der Waals surface area (Å²) in [6.45, 7) is 3.88. The van der Waals surface area contributed by atoms with E-state index in [9.17, 15) is 24.5 Å². The fourth-order valence-electron chi connectivity index (χ4n) is 3.20. The fourth-order valence-corrected chi connectivity index (χ4v) is 3.20. The predicted molar refractivity (Wildman–Crippen MR) is 95.2 cm³/mol. The summed E-state index contributed by atoms with van der Waals surface area (Å²) in [5.41, 5.74) is 0.470. The molecular weight excluding hydrogens is 356 g/mol. The van der Waals surface area contributed by atoms with Crippen molar-refractivity contribution in [1.29, 1.82) is 0 Å². The highest BCUT2D eigenvalue weighted by Gasteiger charge is 2.22. The fraction of sp³-hybridized carbons (Fsp3) is 0.471. The third kappa shape index (κ3) is 3.99. The van der Waals surface area contributed by atoms with Crippen LogP contribution in [0, 0.1) is 10.1 Å². The van der Waals surface area contributed by atoms with Crippen LogP contribution < -0.4 is 5.76 Å². The molecule has 1 aromatic heterocycles. The molecule has 0 atom stereocenters. The van der Waals surface area contributed by atoms with Crippen LogP contribution in [0.15, 0.2) is 27.4 Å². The Morgan fingerprint density at radius 1 is 1.19 bits per heavy atom. The van der Waals surface area contributed by atoms with Gasteiger partial charge in [0.2, 0.25) is 11.8 Å². The van der Waals surface area contributed by atoms with Crippen molar-refractivity contribution >= 4 is 28.6 Å². The molecule has 2 amide bonds. The highest BCUT2D eigenvalue weighted by molar-refractivity contribution is 5.78. The van der Waals surface area contributed by atoms with Gasteiger partial charge < -0.3 is 14.2 Å². The van der Waals surface area contributed by atoms with Crippen LogP contribution in [0.5, 0.6) is 0 Å². The maximum atomic E-state index is 12.3. The third-order valence-corrected chi connectivity index (χ3v) is 4.71. The van der Waals surface area contributed by atoms with Gasteiger partial charge >= 0.3 is 5.76 Å². The van der Waals surface area contributed by atoms with Gasteiger partial charge in [0.15, 0.2) is 5.58 Å². The molecule has 10 nitrogen and oxygen atoms in total. The topological polar surface area (TPSA) is 119 Å². The van der Waals surface area contributed by atoms with Crippen molar-refractivity contribution in [2.24, 2.45) is 0 Å². The lowest BCUT2D eigenvalue weighted by Crippen LogP contribution is -2.50. The van der Waals surface area contributed by atoms with Crippen LogP contribution in [-0.4, -0.2) is 57.3 Å². The molecule has 1 saturated heterocycles. The van der Waals surface area contributed by atoms with Gasteiger partial charge in [-0.25, -0.2) is 4.79 Å². The van der Waals surface area contributed by atoms with Gasteiger partial charge in [-0.1, -0.05) is 0 Å². The number of aromatic nitrogens is 1. The molecule has 0 bridgehead atoms. The molecule has 2 aromatic rings. The molecule has 0 saturated carbocycles. The minimum Gasteiger partial charge on any atom is -0.407 e. The van der Waals surface area contributed by atoms with Crippen molar-refractivity contribution < 1.29 is 18.9 Å². The number of nitrogens with zero attached hydrogens (tertiary/aromatic N) is 4. The number of hydrogen-bond donors (Lipinski definition) is 0. The van der Waals surface area contributed by atoms with Crippen molar-refractivity contribution in [3.8, 4) is 0 Å². The quantitative estimate of drug-likeness (QED) is 0.567. The zero-order valence-corrected chi connectivity index (χ0v) is 14.9. The van der Waals surface area contributed by atoms with Gasteiger partial charge in [-0.05, 0) is 12.5 Å². The number of nitro benzene ring substituents is 1. The SMILES string of the molecule is CC(=O)N1CCN(C(=O)CCCn2c(=O)oc3cc([N+](=O)[O-])ccc32)CC1. The van der Waals surface area contributed by atoms with E-state index in [4.69, 9.17) is 4.42 Å². The second-order valence-electron chi connectivity index (χ2n) is 6.42. The second-order valence-corrected chi connectivity index (χ2v) is 6.42. The van der Waals surface area contributed by atoms with Crippen LogP contribution in [0.2, 0.25) is 0 Å². The Bertz CT molecular complexity index is 939. The standard InChI is InChI=1S/C17H20N4O6/c1-12(22)18-7-9-19(10-8-18)16(23)3-2-6-20-14-5-4-13(21(25)26)11-15(14)27-17(20)24/h4-5,11H,2-3,6-10H2,1H3. The summed E-state index contributed by atoms with van der Waals surface area (Å²) in [5, 5.41) is 10.8. The molecule has 27 heavy (non-hydrogen) atoms. The molecule has 0 N–H and O–H groups in total. The molecule has 2 heterocycles. The van der Waals surface area contributed by atoms with E-state index in [-0.39, 0.29) is 36.1 Å². The minimum atomic E-state index is -0.604. The van der Waals surface area contributed by atoms with Crippen molar-refractivity contribution in [3.05, 3.63) is 38.9 Å². The number of amides is 2. The van der Waals surface area contributed by atoms with E-state index >= 15 is 0 Å². The number of carbonyl (C=O) groups excluding carboxylic acids is 2. The Labute approximate surface area is 154 Å². The zero-order valence-electron chi connectivity index (χ0n) is 14.9. The molecule has 1 aromatic carbocycles. The lowest BCUT2D eigenvalue weighted by atomic mass is 10.2. The average Bonchev–Trinajstić information content (AvgIpc) is 2.96. The van der Waals surface area contributed by atoms with Gasteiger partial charge in [-0.15, -0.1) is 0 Å². The summed E-state index contributed by atoms with van der Waals surface area (Å²) in [6, 6.07) is 4.00. The molecule has 1 aliphatic rings. The first-order valence-electron chi connectivity index (χ1n) is 8.68. The average molecular weight is 376 g/mol. The van der Waals surface area contributed by atoms with Crippen LogP contribution in [-0.2, 0) is 16.1 Å². The second kappa shape index (κ2) is 7.60. The van der Waals surface area contributed by atoms with Crippen LogP contribution >= 0.6 is 0 Å². The van der Waals surface area contributed by atoms with Crippen molar-refractivity contribution in [2.45, 2.75) is 26.3 Å². The van der Waals surface area contributed by atoms with Gasteiger partial charge in [-0.3, -0.25) is 24.3 Å². The molecule has 144 valence electrons. The first kappa shape index (κ1) is 18.6. The van der Waals surface area contributed by atoms with Gasteiger partial charge in [0.25, 0.3) is 5.69 Å². The maximum Gasteiger partial charge on any atom is 0.419 e. The predicted octanol–water partition coefficient (Wildman–Crippen LogP) is 0.974. The molecule has 1 aliphatic heterocycles. The van der Waals surface area contributed by atoms with Crippen molar-refractivity contribution in [2.75, 3.05) is 26.2 Å². The van der Waals surface area contributed by atoms with Crippen LogP contribution in [0.3, 0.4) is 0 Å². The van der Waals surface area contributed by atoms with E-state index in [0.29, 0.717) is 38.1 Å². The molecule has 10 heteroatoms. The number of rotatable bonds is 5. The van der Waals surface area contributed by atoms with Crippen molar-refractivity contribution in [3.63, 3.8) is 0 Å². The van der Waals surface area contributed by atoms with E-state index in [0.717, 1.165) is 0 Å². The Morgan fingerprint density at radius 2 is 1.85 bits per heavy atom. The summed E-state index contributed by atoms with van der Waals surface area (Å²) in [5.74, 6) is -0.615. The minimum absolute atomic E-state index is 0.00791. The van der Waals surface area contributed by atoms with Crippen molar-refractivity contribution in [1.82, 2.24) is 14.4 Å². The highest BCUT2D eigenvalue weighted by atomic mass is 16.6. The summed E-state index contributed by atoms with van der Waals surface area (Å²) < 4.78 is 6.44. The molecule has 3 rings (SSSR count). The third-order valence-electron chi connectivity index (χ3n) is 4.71. The van der Waals surface area contributed by atoms with E-state index in [1.807, 2.05) is 0 Å².